The number of nitrogens with zero attached hydrogens (tertiary/aromatic N) is 2. The number of halogens is 1. The number of carbonyl (C=O) groups is 2. The fourth-order valence-electron chi connectivity index (χ4n) is 2.96. The highest BCUT2D eigenvalue weighted by molar-refractivity contribution is 6.30. The molecule has 0 atom stereocenters. The van der Waals surface area contributed by atoms with Gasteiger partial charge in [0.25, 0.3) is 0 Å². The van der Waals surface area contributed by atoms with Crippen LogP contribution in [0.5, 0.6) is 0 Å². The van der Waals surface area contributed by atoms with Crippen molar-refractivity contribution in [3.63, 3.8) is 0 Å². The second-order valence-corrected chi connectivity index (χ2v) is 6.69. The van der Waals surface area contributed by atoms with Crippen LogP contribution in [0.25, 0.3) is 0 Å². The van der Waals surface area contributed by atoms with Crippen molar-refractivity contribution in [1.29, 1.82) is 0 Å². The third-order valence-corrected chi connectivity index (χ3v) is 4.71. The highest BCUT2D eigenvalue weighted by Gasteiger charge is 2.22. The van der Waals surface area contributed by atoms with Crippen molar-refractivity contribution in [2.45, 2.75) is 6.42 Å². The Balaban J connectivity index is 1.47. The van der Waals surface area contributed by atoms with E-state index in [1.807, 2.05) is 47.4 Å². The zero-order chi connectivity index (χ0) is 17.6. The maximum absolute atomic E-state index is 12.4. The summed E-state index contributed by atoms with van der Waals surface area (Å²) in [5.41, 5.74) is 1.71. The SMILES string of the molecule is O=C(CN1CCN(C(=O)Cc2ccc(Cl)cc2)CC1)c1ccccc1. The molecule has 1 aliphatic heterocycles. The number of Topliss-reactive ketones (excluding diaryl/α,β-unsaturated/α-hetero) is 1. The molecule has 1 fully saturated rings. The maximum atomic E-state index is 12.4. The zero-order valence-electron chi connectivity index (χ0n) is 14.0. The monoisotopic (exact) mass is 356 g/mol. The molecule has 2 aromatic carbocycles. The largest absolute Gasteiger partial charge is 0.340 e. The van der Waals surface area contributed by atoms with Gasteiger partial charge in [-0.2, -0.15) is 0 Å². The molecule has 0 aliphatic carbocycles. The number of benzene rings is 2. The Morgan fingerprint density at radius 1 is 0.880 bits per heavy atom. The number of piperazine rings is 1. The van der Waals surface area contributed by atoms with Crippen molar-refractivity contribution in [3.05, 3.63) is 70.7 Å². The third-order valence-electron chi connectivity index (χ3n) is 4.46. The van der Waals surface area contributed by atoms with E-state index in [2.05, 4.69) is 4.90 Å². The Morgan fingerprint density at radius 3 is 2.16 bits per heavy atom. The lowest BCUT2D eigenvalue weighted by molar-refractivity contribution is -0.132. The van der Waals surface area contributed by atoms with Crippen molar-refractivity contribution < 1.29 is 9.59 Å². The van der Waals surface area contributed by atoms with Gasteiger partial charge < -0.3 is 4.90 Å². The van der Waals surface area contributed by atoms with Crippen molar-refractivity contribution in [2.75, 3.05) is 32.7 Å². The van der Waals surface area contributed by atoms with Gasteiger partial charge in [-0.05, 0) is 17.7 Å². The lowest BCUT2D eigenvalue weighted by Gasteiger charge is -2.34. The van der Waals surface area contributed by atoms with Crippen LogP contribution >= 0.6 is 11.6 Å². The molecule has 0 aromatic heterocycles. The number of hydrogen-bond donors (Lipinski definition) is 0. The van der Waals surface area contributed by atoms with E-state index in [9.17, 15) is 9.59 Å². The first-order valence-corrected chi connectivity index (χ1v) is 8.82. The fourth-order valence-corrected chi connectivity index (χ4v) is 3.09. The Bertz CT molecular complexity index is 723. The Labute approximate surface area is 153 Å². The van der Waals surface area contributed by atoms with Gasteiger partial charge in [0.2, 0.25) is 5.91 Å². The van der Waals surface area contributed by atoms with Gasteiger partial charge in [-0.15, -0.1) is 0 Å². The van der Waals surface area contributed by atoms with E-state index < -0.39 is 0 Å². The first-order chi connectivity index (χ1) is 12.1. The van der Waals surface area contributed by atoms with Crippen LogP contribution in [0.3, 0.4) is 0 Å². The lowest BCUT2D eigenvalue weighted by atomic mass is 10.1. The first kappa shape index (κ1) is 17.6. The molecule has 5 heteroatoms. The summed E-state index contributed by atoms with van der Waals surface area (Å²) in [4.78, 5) is 28.7. The normalized spacial score (nSPS) is 15.2. The zero-order valence-corrected chi connectivity index (χ0v) is 14.8. The molecular formula is C20H21ClN2O2. The van der Waals surface area contributed by atoms with Gasteiger partial charge in [-0.25, -0.2) is 0 Å². The van der Waals surface area contributed by atoms with Gasteiger partial charge in [0.05, 0.1) is 13.0 Å². The number of amides is 1. The maximum Gasteiger partial charge on any atom is 0.227 e. The van der Waals surface area contributed by atoms with E-state index in [-0.39, 0.29) is 11.7 Å². The summed E-state index contributed by atoms with van der Waals surface area (Å²) in [7, 11) is 0. The van der Waals surface area contributed by atoms with Gasteiger partial charge in [0, 0.05) is 36.8 Å². The van der Waals surface area contributed by atoms with Crippen LogP contribution in [0.1, 0.15) is 15.9 Å². The van der Waals surface area contributed by atoms with E-state index in [1.54, 1.807) is 12.1 Å². The summed E-state index contributed by atoms with van der Waals surface area (Å²) in [5, 5.41) is 0.674. The number of hydrogen-bond acceptors (Lipinski definition) is 3. The average Bonchev–Trinajstić information content (AvgIpc) is 2.65. The summed E-state index contributed by atoms with van der Waals surface area (Å²) in [6.07, 6.45) is 0.389. The Morgan fingerprint density at radius 2 is 1.52 bits per heavy atom. The van der Waals surface area contributed by atoms with Crippen LogP contribution in [0, 0.1) is 0 Å². The molecule has 2 aromatic rings. The minimum Gasteiger partial charge on any atom is -0.340 e. The van der Waals surface area contributed by atoms with Crippen molar-refractivity contribution in [1.82, 2.24) is 9.80 Å². The van der Waals surface area contributed by atoms with Gasteiger partial charge in [0.1, 0.15) is 0 Å². The van der Waals surface area contributed by atoms with Crippen molar-refractivity contribution in [3.8, 4) is 0 Å². The standard InChI is InChI=1S/C20H21ClN2O2/c21-18-8-6-16(7-9-18)14-20(25)23-12-10-22(11-13-23)15-19(24)17-4-2-1-3-5-17/h1-9H,10-15H2. The minimum absolute atomic E-state index is 0.122. The summed E-state index contributed by atoms with van der Waals surface area (Å²) in [6.45, 7) is 3.18. The predicted molar refractivity (Wildman–Crippen MR) is 98.9 cm³/mol. The smallest absolute Gasteiger partial charge is 0.227 e. The molecule has 130 valence electrons. The summed E-state index contributed by atoms with van der Waals surface area (Å²) in [5.74, 6) is 0.248. The van der Waals surface area contributed by atoms with Gasteiger partial charge in [-0.1, -0.05) is 54.1 Å². The van der Waals surface area contributed by atoms with E-state index in [0.717, 1.165) is 24.2 Å². The Kier molecular flexibility index (Phi) is 5.84. The second-order valence-electron chi connectivity index (χ2n) is 6.25. The first-order valence-electron chi connectivity index (χ1n) is 8.44. The van der Waals surface area contributed by atoms with Crippen LogP contribution in [-0.4, -0.2) is 54.2 Å². The van der Waals surface area contributed by atoms with E-state index >= 15 is 0 Å². The summed E-state index contributed by atoms with van der Waals surface area (Å²) in [6, 6.07) is 16.7. The molecule has 0 bridgehead atoms. The molecule has 0 saturated carbocycles. The molecule has 1 aliphatic rings. The fraction of sp³-hybridized carbons (Fsp3) is 0.300. The number of carbonyl (C=O) groups excluding carboxylic acids is 2. The van der Waals surface area contributed by atoms with Crippen LogP contribution < -0.4 is 0 Å². The average molecular weight is 357 g/mol. The highest BCUT2D eigenvalue weighted by atomic mass is 35.5. The lowest BCUT2D eigenvalue weighted by Crippen LogP contribution is -2.50. The molecule has 4 nitrogen and oxygen atoms in total. The molecule has 1 heterocycles. The van der Waals surface area contributed by atoms with Gasteiger partial charge in [0.15, 0.2) is 5.78 Å². The highest BCUT2D eigenvalue weighted by Crippen LogP contribution is 2.12. The van der Waals surface area contributed by atoms with Crippen LogP contribution in [-0.2, 0) is 11.2 Å². The van der Waals surface area contributed by atoms with Crippen molar-refractivity contribution >= 4 is 23.3 Å². The quantitative estimate of drug-likeness (QED) is 0.773. The molecule has 0 unspecified atom stereocenters. The number of rotatable bonds is 5. The van der Waals surface area contributed by atoms with Crippen LogP contribution in [0.4, 0.5) is 0 Å². The van der Waals surface area contributed by atoms with Crippen molar-refractivity contribution in [2.24, 2.45) is 0 Å². The van der Waals surface area contributed by atoms with Crippen LogP contribution in [0.15, 0.2) is 54.6 Å². The van der Waals surface area contributed by atoms with E-state index in [1.165, 1.54) is 0 Å². The van der Waals surface area contributed by atoms with Crippen LogP contribution in [0.2, 0.25) is 5.02 Å². The third kappa shape index (κ3) is 4.91. The van der Waals surface area contributed by atoms with E-state index in [4.69, 9.17) is 11.6 Å². The minimum atomic E-state index is 0.122. The number of ketones is 1. The second kappa shape index (κ2) is 8.28. The molecule has 0 radical (unpaired) electrons. The van der Waals surface area contributed by atoms with E-state index in [0.29, 0.717) is 31.1 Å². The van der Waals surface area contributed by atoms with Gasteiger partial charge >= 0.3 is 0 Å². The molecule has 25 heavy (non-hydrogen) atoms. The summed E-state index contributed by atoms with van der Waals surface area (Å²) >= 11 is 5.87. The Hall–Kier alpha value is -2.17. The summed E-state index contributed by atoms with van der Waals surface area (Å²) < 4.78 is 0. The molecule has 1 amide bonds. The molecule has 1 saturated heterocycles. The molecule has 0 N–H and O–H groups in total. The molecular weight excluding hydrogens is 336 g/mol. The molecule has 0 spiro atoms. The predicted octanol–water partition coefficient (Wildman–Crippen LogP) is 2.91. The molecule has 3 rings (SSSR count). The topological polar surface area (TPSA) is 40.6 Å². The van der Waals surface area contributed by atoms with Gasteiger partial charge in [-0.3, -0.25) is 14.5 Å².